The SMILES string of the molecule is O=C1NC2Nc3ccccc3C2=CN1C1CNC1. The van der Waals surface area contributed by atoms with E-state index in [0.29, 0.717) is 0 Å². The molecule has 3 heterocycles. The second kappa shape index (κ2) is 3.49. The first kappa shape index (κ1) is 9.96. The largest absolute Gasteiger partial charge is 0.361 e. The van der Waals surface area contributed by atoms with E-state index in [2.05, 4.69) is 22.0 Å². The van der Waals surface area contributed by atoms with Gasteiger partial charge in [0, 0.05) is 36.1 Å². The lowest BCUT2D eigenvalue weighted by Gasteiger charge is -2.39. The van der Waals surface area contributed by atoms with E-state index in [0.717, 1.165) is 24.4 Å². The van der Waals surface area contributed by atoms with Crippen molar-refractivity contribution in [2.75, 3.05) is 18.4 Å². The topological polar surface area (TPSA) is 56.4 Å². The number of rotatable bonds is 1. The molecule has 0 radical (unpaired) electrons. The van der Waals surface area contributed by atoms with Crippen LogP contribution in [0.1, 0.15) is 5.56 Å². The summed E-state index contributed by atoms with van der Waals surface area (Å²) in [7, 11) is 0. The summed E-state index contributed by atoms with van der Waals surface area (Å²) < 4.78 is 0. The van der Waals surface area contributed by atoms with Gasteiger partial charge < -0.3 is 16.0 Å². The highest BCUT2D eigenvalue weighted by Gasteiger charge is 2.37. The van der Waals surface area contributed by atoms with Crippen molar-refractivity contribution in [3.8, 4) is 0 Å². The summed E-state index contributed by atoms with van der Waals surface area (Å²) >= 11 is 0. The number of nitrogens with zero attached hydrogens (tertiary/aromatic N) is 1. The fourth-order valence-corrected chi connectivity index (χ4v) is 2.66. The van der Waals surface area contributed by atoms with Gasteiger partial charge in [-0.15, -0.1) is 0 Å². The van der Waals surface area contributed by atoms with Crippen molar-refractivity contribution in [2.24, 2.45) is 0 Å². The van der Waals surface area contributed by atoms with Crippen molar-refractivity contribution < 1.29 is 4.79 Å². The summed E-state index contributed by atoms with van der Waals surface area (Å²) in [5.41, 5.74) is 3.42. The van der Waals surface area contributed by atoms with Crippen molar-refractivity contribution in [1.82, 2.24) is 15.5 Å². The molecule has 0 aliphatic carbocycles. The van der Waals surface area contributed by atoms with E-state index >= 15 is 0 Å². The van der Waals surface area contributed by atoms with E-state index in [9.17, 15) is 4.79 Å². The smallest absolute Gasteiger partial charge is 0.323 e. The Hall–Kier alpha value is -2.01. The Morgan fingerprint density at radius 3 is 2.78 bits per heavy atom. The molecule has 0 aromatic heterocycles. The van der Waals surface area contributed by atoms with E-state index in [-0.39, 0.29) is 18.2 Å². The highest BCUT2D eigenvalue weighted by molar-refractivity contribution is 5.93. The highest BCUT2D eigenvalue weighted by Crippen LogP contribution is 2.36. The van der Waals surface area contributed by atoms with E-state index in [1.807, 2.05) is 29.3 Å². The Morgan fingerprint density at radius 2 is 2.00 bits per heavy atom. The van der Waals surface area contributed by atoms with Crippen molar-refractivity contribution in [1.29, 1.82) is 0 Å². The van der Waals surface area contributed by atoms with Crippen LogP contribution in [0.4, 0.5) is 10.5 Å². The molecule has 2 amide bonds. The first-order chi connectivity index (χ1) is 8.83. The lowest BCUT2D eigenvalue weighted by molar-refractivity contribution is 0.176. The first-order valence-corrected chi connectivity index (χ1v) is 6.20. The van der Waals surface area contributed by atoms with E-state index in [1.165, 1.54) is 5.56 Å². The zero-order valence-corrected chi connectivity index (χ0v) is 9.81. The number of para-hydroxylation sites is 1. The number of benzene rings is 1. The molecule has 5 heteroatoms. The van der Waals surface area contributed by atoms with Gasteiger partial charge in [0.2, 0.25) is 0 Å². The Bertz CT molecular complexity index is 550. The normalized spacial score (nSPS) is 25.6. The molecule has 3 aliphatic rings. The standard InChI is InChI=1S/C13H14N4O/c18-13-16-12-10(7-17(13)8-5-14-6-8)9-3-1-2-4-11(9)15-12/h1-4,7-8,12,14-15H,5-6H2,(H,16,18). The fraction of sp³-hybridized carbons (Fsp3) is 0.308. The summed E-state index contributed by atoms with van der Waals surface area (Å²) in [6, 6.07) is 8.41. The van der Waals surface area contributed by atoms with Gasteiger partial charge in [-0.1, -0.05) is 18.2 Å². The summed E-state index contributed by atoms with van der Waals surface area (Å²) in [4.78, 5) is 13.8. The van der Waals surface area contributed by atoms with Gasteiger partial charge in [0.25, 0.3) is 0 Å². The molecular weight excluding hydrogens is 228 g/mol. The maximum Gasteiger partial charge on any atom is 0.323 e. The minimum Gasteiger partial charge on any atom is -0.361 e. The molecule has 1 saturated heterocycles. The zero-order valence-electron chi connectivity index (χ0n) is 9.81. The minimum absolute atomic E-state index is 0.0180. The number of nitrogens with one attached hydrogen (secondary N) is 3. The van der Waals surface area contributed by atoms with Gasteiger partial charge >= 0.3 is 6.03 Å². The van der Waals surface area contributed by atoms with Crippen LogP contribution in [0.5, 0.6) is 0 Å². The highest BCUT2D eigenvalue weighted by atomic mass is 16.2. The van der Waals surface area contributed by atoms with Crippen molar-refractivity contribution in [2.45, 2.75) is 12.2 Å². The molecule has 3 aliphatic heterocycles. The predicted molar refractivity (Wildman–Crippen MR) is 68.9 cm³/mol. The molecule has 1 fully saturated rings. The summed E-state index contributed by atoms with van der Waals surface area (Å²) in [6.07, 6.45) is 1.91. The number of carbonyl (C=O) groups is 1. The van der Waals surface area contributed by atoms with Gasteiger partial charge in [0.15, 0.2) is 0 Å². The number of carbonyl (C=O) groups excluding carboxylic acids is 1. The monoisotopic (exact) mass is 242 g/mol. The third-order valence-electron chi connectivity index (χ3n) is 3.78. The third kappa shape index (κ3) is 1.28. The molecule has 1 aromatic rings. The molecule has 0 spiro atoms. The van der Waals surface area contributed by atoms with Crippen LogP contribution in [0.2, 0.25) is 0 Å². The van der Waals surface area contributed by atoms with Crippen LogP contribution in [0.25, 0.3) is 5.57 Å². The van der Waals surface area contributed by atoms with E-state index in [1.54, 1.807) is 0 Å². The van der Waals surface area contributed by atoms with Crippen molar-refractivity contribution in [3.05, 3.63) is 36.0 Å². The van der Waals surface area contributed by atoms with Gasteiger partial charge in [-0.05, 0) is 6.07 Å². The zero-order chi connectivity index (χ0) is 12.1. The van der Waals surface area contributed by atoms with Crippen molar-refractivity contribution >= 4 is 17.3 Å². The second-order valence-corrected chi connectivity index (χ2v) is 4.88. The summed E-state index contributed by atoms with van der Waals surface area (Å²) in [6.45, 7) is 1.74. The molecule has 92 valence electrons. The van der Waals surface area contributed by atoms with Crippen LogP contribution in [-0.4, -0.2) is 36.2 Å². The molecule has 1 unspecified atom stereocenters. The molecule has 5 nitrogen and oxygen atoms in total. The van der Waals surface area contributed by atoms with Crippen LogP contribution < -0.4 is 16.0 Å². The van der Waals surface area contributed by atoms with Crippen LogP contribution in [-0.2, 0) is 0 Å². The van der Waals surface area contributed by atoms with Crippen LogP contribution in [0.3, 0.4) is 0 Å². The van der Waals surface area contributed by atoms with Crippen LogP contribution >= 0.6 is 0 Å². The maximum absolute atomic E-state index is 12.0. The molecular formula is C13H14N4O. The van der Waals surface area contributed by atoms with Crippen LogP contribution in [0.15, 0.2) is 30.5 Å². The second-order valence-electron chi connectivity index (χ2n) is 4.88. The van der Waals surface area contributed by atoms with Gasteiger partial charge in [-0.2, -0.15) is 0 Å². The van der Waals surface area contributed by atoms with Gasteiger partial charge in [-0.3, -0.25) is 4.90 Å². The minimum atomic E-state index is -0.0841. The number of amides is 2. The van der Waals surface area contributed by atoms with Gasteiger partial charge in [0.05, 0.1) is 6.04 Å². The molecule has 0 bridgehead atoms. The molecule has 3 N–H and O–H groups in total. The number of hydrogen-bond acceptors (Lipinski definition) is 3. The molecule has 1 aromatic carbocycles. The molecule has 18 heavy (non-hydrogen) atoms. The maximum atomic E-state index is 12.0. The fourth-order valence-electron chi connectivity index (χ4n) is 2.66. The number of anilines is 1. The van der Waals surface area contributed by atoms with Crippen LogP contribution in [0, 0.1) is 0 Å². The number of hydrogen-bond donors (Lipinski definition) is 3. The van der Waals surface area contributed by atoms with Gasteiger partial charge in [0.1, 0.15) is 6.17 Å². The Labute approximate surface area is 105 Å². The molecule has 1 atom stereocenters. The number of fused-ring (bicyclic) bond motifs is 3. The Kier molecular flexibility index (Phi) is 1.93. The van der Waals surface area contributed by atoms with Crippen molar-refractivity contribution in [3.63, 3.8) is 0 Å². The van der Waals surface area contributed by atoms with E-state index in [4.69, 9.17) is 0 Å². The lowest BCUT2D eigenvalue weighted by atomic mass is 10.0. The quantitative estimate of drug-likeness (QED) is 0.682. The van der Waals surface area contributed by atoms with E-state index < -0.39 is 0 Å². The molecule has 4 rings (SSSR count). The first-order valence-electron chi connectivity index (χ1n) is 6.20. The lowest BCUT2D eigenvalue weighted by Crippen LogP contribution is -2.61. The molecule has 0 saturated carbocycles. The van der Waals surface area contributed by atoms with Gasteiger partial charge in [-0.25, -0.2) is 4.79 Å². The average Bonchev–Trinajstić information content (AvgIpc) is 2.65. The third-order valence-corrected chi connectivity index (χ3v) is 3.78. The average molecular weight is 242 g/mol. The Balaban J connectivity index is 1.75. The Morgan fingerprint density at radius 1 is 1.17 bits per heavy atom. The number of urea groups is 1. The summed E-state index contributed by atoms with van der Waals surface area (Å²) in [5.74, 6) is 0. The predicted octanol–water partition coefficient (Wildman–Crippen LogP) is 0.776. The summed E-state index contributed by atoms with van der Waals surface area (Å²) in [5, 5.41) is 9.52.